The van der Waals surface area contributed by atoms with Crippen LogP contribution in [0.2, 0.25) is 0 Å². The van der Waals surface area contributed by atoms with Crippen LogP contribution >= 0.6 is 0 Å². The number of ether oxygens (including phenoxy) is 4. The molecule has 228 valence electrons. The maximum absolute atomic E-state index is 12.2. The lowest BCUT2D eigenvalue weighted by molar-refractivity contribution is -0.117. The first kappa shape index (κ1) is 32.5. The molecule has 1 heterocycles. The van der Waals surface area contributed by atoms with Crippen molar-refractivity contribution in [2.45, 2.75) is 12.8 Å². The molecular formula is C32H44N4O6. The Labute approximate surface area is 249 Å². The van der Waals surface area contributed by atoms with E-state index >= 15 is 0 Å². The van der Waals surface area contributed by atoms with Crippen molar-refractivity contribution in [3.05, 3.63) is 59.7 Å². The SMILES string of the molecule is COc1ccc(C=CC(=O)NCCCN2CCN(CCCNC(=O)C=Cc3ccc(OC)c(OC)c3)CC2)cc1OC. The van der Waals surface area contributed by atoms with Crippen LogP contribution in [0.3, 0.4) is 0 Å². The molecule has 0 aromatic heterocycles. The van der Waals surface area contributed by atoms with Gasteiger partial charge in [0, 0.05) is 51.4 Å². The van der Waals surface area contributed by atoms with Gasteiger partial charge < -0.3 is 39.4 Å². The van der Waals surface area contributed by atoms with Crippen LogP contribution in [0.5, 0.6) is 23.0 Å². The molecular weight excluding hydrogens is 536 g/mol. The van der Waals surface area contributed by atoms with E-state index in [0.717, 1.165) is 63.2 Å². The smallest absolute Gasteiger partial charge is 0.243 e. The van der Waals surface area contributed by atoms with Gasteiger partial charge >= 0.3 is 0 Å². The fourth-order valence-electron chi connectivity index (χ4n) is 4.64. The molecule has 0 bridgehead atoms. The van der Waals surface area contributed by atoms with E-state index in [4.69, 9.17) is 18.9 Å². The molecule has 10 nitrogen and oxygen atoms in total. The zero-order valence-electron chi connectivity index (χ0n) is 25.2. The summed E-state index contributed by atoms with van der Waals surface area (Å²) in [6.07, 6.45) is 8.41. The van der Waals surface area contributed by atoms with Gasteiger partial charge in [-0.25, -0.2) is 0 Å². The minimum absolute atomic E-state index is 0.113. The van der Waals surface area contributed by atoms with E-state index in [1.165, 1.54) is 12.2 Å². The molecule has 2 N–H and O–H groups in total. The van der Waals surface area contributed by atoms with Crippen molar-refractivity contribution < 1.29 is 28.5 Å². The van der Waals surface area contributed by atoms with Gasteiger partial charge in [-0.1, -0.05) is 12.1 Å². The average Bonchev–Trinajstić information content (AvgIpc) is 3.03. The number of nitrogens with one attached hydrogen (secondary N) is 2. The van der Waals surface area contributed by atoms with Gasteiger partial charge in [-0.15, -0.1) is 0 Å². The van der Waals surface area contributed by atoms with Gasteiger partial charge in [0.15, 0.2) is 23.0 Å². The van der Waals surface area contributed by atoms with Crippen molar-refractivity contribution in [2.75, 3.05) is 80.8 Å². The summed E-state index contributed by atoms with van der Waals surface area (Å²) in [5.41, 5.74) is 1.73. The summed E-state index contributed by atoms with van der Waals surface area (Å²) in [5.74, 6) is 2.34. The highest BCUT2D eigenvalue weighted by Gasteiger charge is 2.16. The lowest BCUT2D eigenvalue weighted by Gasteiger charge is -2.34. The van der Waals surface area contributed by atoms with E-state index in [1.54, 1.807) is 40.6 Å². The third kappa shape index (κ3) is 10.8. The molecule has 0 aliphatic carbocycles. The first-order valence-electron chi connectivity index (χ1n) is 14.3. The van der Waals surface area contributed by atoms with Gasteiger partial charge in [-0.05, 0) is 73.5 Å². The molecule has 0 spiro atoms. The Balaban J connectivity index is 1.24. The summed E-state index contributed by atoms with van der Waals surface area (Å²) >= 11 is 0. The number of rotatable bonds is 16. The van der Waals surface area contributed by atoms with E-state index in [0.29, 0.717) is 36.1 Å². The minimum atomic E-state index is -0.113. The number of nitrogens with zero attached hydrogens (tertiary/aromatic N) is 2. The van der Waals surface area contributed by atoms with E-state index < -0.39 is 0 Å². The number of carbonyl (C=O) groups excluding carboxylic acids is 2. The van der Waals surface area contributed by atoms with Crippen LogP contribution in [0, 0.1) is 0 Å². The van der Waals surface area contributed by atoms with Crippen LogP contribution in [-0.4, -0.2) is 102 Å². The molecule has 1 fully saturated rings. The average molecular weight is 581 g/mol. The molecule has 10 heteroatoms. The summed E-state index contributed by atoms with van der Waals surface area (Å²) in [7, 11) is 6.36. The molecule has 0 radical (unpaired) electrons. The van der Waals surface area contributed by atoms with Crippen molar-refractivity contribution in [1.29, 1.82) is 0 Å². The third-order valence-corrected chi connectivity index (χ3v) is 7.04. The second-order valence-electron chi connectivity index (χ2n) is 9.87. The van der Waals surface area contributed by atoms with Crippen LogP contribution in [0.15, 0.2) is 48.6 Å². The molecule has 0 unspecified atom stereocenters. The van der Waals surface area contributed by atoms with Gasteiger partial charge in [-0.3, -0.25) is 9.59 Å². The summed E-state index contributed by atoms with van der Waals surface area (Å²) in [5, 5.41) is 5.91. The fraction of sp³-hybridized carbons (Fsp3) is 0.438. The van der Waals surface area contributed by atoms with Crippen LogP contribution in [0.1, 0.15) is 24.0 Å². The van der Waals surface area contributed by atoms with Crippen LogP contribution in [0.25, 0.3) is 12.2 Å². The van der Waals surface area contributed by atoms with Gasteiger partial charge in [0.1, 0.15) is 0 Å². The molecule has 1 saturated heterocycles. The molecule has 42 heavy (non-hydrogen) atoms. The Morgan fingerprint density at radius 1 is 0.643 bits per heavy atom. The molecule has 0 saturated carbocycles. The molecule has 1 aliphatic rings. The van der Waals surface area contributed by atoms with Crippen molar-refractivity contribution in [3.63, 3.8) is 0 Å². The Bertz CT molecular complexity index is 1110. The second-order valence-corrected chi connectivity index (χ2v) is 9.87. The lowest BCUT2D eigenvalue weighted by Crippen LogP contribution is -2.47. The highest BCUT2D eigenvalue weighted by atomic mass is 16.5. The predicted octanol–water partition coefficient (Wildman–Crippen LogP) is 3.08. The van der Waals surface area contributed by atoms with Crippen LogP contribution in [-0.2, 0) is 9.59 Å². The Morgan fingerprint density at radius 2 is 1.02 bits per heavy atom. The second kappa shape index (κ2) is 17.7. The van der Waals surface area contributed by atoms with Crippen molar-refractivity contribution in [3.8, 4) is 23.0 Å². The summed E-state index contributed by atoms with van der Waals surface area (Å²) in [4.78, 5) is 29.2. The number of carbonyl (C=O) groups is 2. The first-order chi connectivity index (χ1) is 20.4. The van der Waals surface area contributed by atoms with E-state index in [-0.39, 0.29) is 11.8 Å². The quantitative estimate of drug-likeness (QED) is 0.231. The molecule has 3 rings (SSSR count). The maximum Gasteiger partial charge on any atom is 0.243 e. The first-order valence-corrected chi connectivity index (χ1v) is 14.3. The molecule has 2 aromatic rings. The molecule has 1 aliphatic heterocycles. The van der Waals surface area contributed by atoms with Gasteiger partial charge in [0.05, 0.1) is 28.4 Å². The summed E-state index contributed by atoms with van der Waals surface area (Å²) in [6.45, 7) is 7.21. The number of hydrogen-bond donors (Lipinski definition) is 2. The van der Waals surface area contributed by atoms with E-state index in [9.17, 15) is 9.59 Å². The van der Waals surface area contributed by atoms with Gasteiger partial charge in [0.2, 0.25) is 11.8 Å². The molecule has 2 amide bonds. The van der Waals surface area contributed by atoms with Crippen molar-refractivity contribution in [1.82, 2.24) is 20.4 Å². The van der Waals surface area contributed by atoms with Crippen LogP contribution in [0.4, 0.5) is 0 Å². The number of piperazine rings is 1. The summed E-state index contributed by atoms with van der Waals surface area (Å²) in [6, 6.07) is 11.0. The Kier molecular flexibility index (Phi) is 13.7. The van der Waals surface area contributed by atoms with Crippen LogP contribution < -0.4 is 29.6 Å². The standard InChI is InChI=1S/C32H44N4O6/c1-39-27-11-7-25(23-29(27)41-3)9-13-31(37)33-15-5-17-35-19-21-36(22-20-35)18-6-16-34-32(38)14-10-26-8-12-28(40-2)30(24-26)42-4/h7-14,23-24H,5-6,15-22H2,1-4H3,(H,33,37)(H,34,38). The number of benzene rings is 2. The zero-order chi connectivity index (χ0) is 30.2. The Morgan fingerprint density at radius 3 is 1.38 bits per heavy atom. The van der Waals surface area contributed by atoms with Gasteiger partial charge in [-0.2, -0.15) is 0 Å². The maximum atomic E-state index is 12.2. The highest BCUT2D eigenvalue weighted by Crippen LogP contribution is 2.28. The number of hydrogen-bond acceptors (Lipinski definition) is 8. The van der Waals surface area contributed by atoms with E-state index in [2.05, 4.69) is 20.4 Å². The molecule has 0 atom stereocenters. The monoisotopic (exact) mass is 580 g/mol. The number of amides is 2. The highest BCUT2D eigenvalue weighted by molar-refractivity contribution is 5.92. The zero-order valence-corrected chi connectivity index (χ0v) is 25.2. The predicted molar refractivity (Wildman–Crippen MR) is 165 cm³/mol. The third-order valence-electron chi connectivity index (χ3n) is 7.04. The normalized spacial score (nSPS) is 14.2. The fourth-order valence-corrected chi connectivity index (χ4v) is 4.64. The largest absolute Gasteiger partial charge is 0.493 e. The minimum Gasteiger partial charge on any atom is -0.493 e. The molecule has 2 aromatic carbocycles. The summed E-state index contributed by atoms with van der Waals surface area (Å²) < 4.78 is 21.1. The van der Waals surface area contributed by atoms with E-state index in [1.807, 2.05) is 36.4 Å². The number of methoxy groups -OCH3 is 4. The topological polar surface area (TPSA) is 102 Å². The van der Waals surface area contributed by atoms with Crippen molar-refractivity contribution in [2.24, 2.45) is 0 Å². The van der Waals surface area contributed by atoms with Gasteiger partial charge in [0.25, 0.3) is 0 Å². The Hall–Kier alpha value is -4.02. The van der Waals surface area contributed by atoms with Crippen molar-refractivity contribution >= 4 is 24.0 Å². The lowest BCUT2D eigenvalue weighted by atomic mass is 10.2.